The number of hydrogen-bond donors (Lipinski definition) is 2. The first kappa shape index (κ1) is 29.7. The highest BCUT2D eigenvalue weighted by Gasteiger charge is 2.39. The van der Waals surface area contributed by atoms with Gasteiger partial charge in [0.2, 0.25) is 5.91 Å². The molecular weight excluding hydrogens is 524 g/mol. The highest BCUT2D eigenvalue weighted by Crippen LogP contribution is 2.42. The maximum Gasteiger partial charge on any atom is 0.217 e. The monoisotopic (exact) mass is 564 g/mol. The molecule has 2 N–H and O–H groups in total. The van der Waals surface area contributed by atoms with E-state index in [1.807, 2.05) is 60.7 Å². The van der Waals surface area contributed by atoms with Crippen molar-refractivity contribution in [2.75, 3.05) is 6.54 Å². The fraction of sp³-hybridized carbons (Fsp3) is 0.306. The lowest BCUT2D eigenvalue weighted by atomic mass is 9.89. The molecule has 1 aliphatic heterocycles. The Morgan fingerprint density at radius 2 is 1.29 bits per heavy atom. The van der Waals surface area contributed by atoms with Crippen LogP contribution in [0.1, 0.15) is 59.6 Å². The average Bonchev–Trinajstić information content (AvgIpc) is 3.02. The van der Waals surface area contributed by atoms with Gasteiger partial charge in [-0.15, -0.1) is 0 Å². The molecule has 42 heavy (non-hydrogen) atoms. The topological polar surface area (TPSA) is 71.0 Å². The predicted molar refractivity (Wildman–Crippen MR) is 164 cm³/mol. The number of hydrogen-bond acceptors (Lipinski definition) is 5. The van der Waals surface area contributed by atoms with Crippen LogP contribution in [0.25, 0.3) is 0 Å². The van der Waals surface area contributed by atoms with Crippen LogP contribution < -0.4 is 5.32 Å². The van der Waals surface area contributed by atoms with Crippen LogP contribution in [0, 0.1) is 5.92 Å². The van der Waals surface area contributed by atoms with Gasteiger partial charge in [0.1, 0.15) is 0 Å². The SMILES string of the molecule is CC(=O)NCc1ccc([C@H]2O[C@@H](CN(Cc3ccccc3)Cc3ccccc3)[C@@H](C)[C@@H](c3ccc(CO)cc3)O2)cc1. The van der Waals surface area contributed by atoms with Crippen LogP contribution in [0.5, 0.6) is 0 Å². The van der Waals surface area contributed by atoms with Gasteiger partial charge < -0.3 is 19.9 Å². The van der Waals surface area contributed by atoms with Crippen molar-refractivity contribution in [3.63, 3.8) is 0 Å². The minimum atomic E-state index is -0.543. The van der Waals surface area contributed by atoms with Crippen molar-refractivity contribution < 1.29 is 19.4 Å². The van der Waals surface area contributed by atoms with Gasteiger partial charge in [0.25, 0.3) is 0 Å². The zero-order valence-electron chi connectivity index (χ0n) is 24.4. The Morgan fingerprint density at radius 3 is 1.83 bits per heavy atom. The molecule has 218 valence electrons. The Bertz CT molecular complexity index is 1350. The zero-order chi connectivity index (χ0) is 29.3. The highest BCUT2D eigenvalue weighted by molar-refractivity contribution is 5.72. The molecule has 0 aliphatic carbocycles. The largest absolute Gasteiger partial charge is 0.392 e. The first-order valence-electron chi connectivity index (χ1n) is 14.6. The zero-order valence-corrected chi connectivity index (χ0v) is 24.4. The molecular formula is C36H40N2O4. The molecule has 0 bridgehead atoms. The molecule has 1 fully saturated rings. The molecule has 0 radical (unpaired) electrons. The van der Waals surface area contributed by atoms with Crippen molar-refractivity contribution in [1.82, 2.24) is 10.2 Å². The van der Waals surface area contributed by atoms with E-state index in [0.29, 0.717) is 6.54 Å². The van der Waals surface area contributed by atoms with Crippen molar-refractivity contribution in [2.45, 2.75) is 58.6 Å². The van der Waals surface area contributed by atoms with Crippen LogP contribution in [0.15, 0.2) is 109 Å². The molecule has 0 saturated carbocycles. The number of carbonyl (C=O) groups excluding carboxylic acids is 1. The number of carbonyl (C=O) groups is 1. The van der Waals surface area contributed by atoms with E-state index < -0.39 is 6.29 Å². The first-order valence-corrected chi connectivity index (χ1v) is 14.6. The van der Waals surface area contributed by atoms with E-state index in [1.54, 1.807) is 0 Å². The van der Waals surface area contributed by atoms with Crippen LogP contribution in [-0.2, 0) is 40.5 Å². The minimum absolute atomic E-state index is 0.00842. The van der Waals surface area contributed by atoms with E-state index in [0.717, 1.165) is 41.9 Å². The van der Waals surface area contributed by atoms with E-state index in [4.69, 9.17) is 9.47 Å². The van der Waals surface area contributed by atoms with Crippen LogP contribution in [0.2, 0.25) is 0 Å². The molecule has 4 aromatic rings. The lowest BCUT2D eigenvalue weighted by Gasteiger charge is -2.43. The Labute approximate surface area is 248 Å². The molecule has 1 amide bonds. The van der Waals surface area contributed by atoms with Gasteiger partial charge in [-0.2, -0.15) is 0 Å². The number of nitrogens with one attached hydrogen (secondary N) is 1. The summed E-state index contributed by atoms with van der Waals surface area (Å²) in [5.41, 5.74) is 6.41. The molecule has 0 unspecified atom stereocenters. The summed E-state index contributed by atoms with van der Waals surface area (Å²) in [5, 5.41) is 12.4. The number of nitrogens with zero attached hydrogens (tertiary/aromatic N) is 1. The molecule has 1 saturated heterocycles. The lowest BCUT2D eigenvalue weighted by molar-refractivity contribution is -0.276. The molecule has 6 heteroatoms. The Kier molecular flexibility index (Phi) is 10.2. The number of aliphatic hydroxyl groups is 1. The summed E-state index contributed by atoms with van der Waals surface area (Å²) in [6.45, 7) is 6.56. The standard InChI is InChI=1S/C36H40N2O4/c1-26-34(24-38(22-29-9-5-3-6-10-29)23-30-11-7-4-8-12-30)41-36(33-19-13-28(14-20-33)21-37-27(2)40)42-35(26)32-17-15-31(25-39)16-18-32/h3-20,26,34-36,39H,21-25H2,1-2H3,(H,37,40)/t26-,34+,35+,36+/m1/s1. The van der Waals surface area contributed by atoms with Crippen LogP contribution in [-0.4, -0.2) is 28.6 Å². The molecule has 4 atom stereocenters. The third-order valence-corrected chi connectivity index (χ3v) is 7.85. The normalized spacial score (nSPS) is 20.4. The van der Waals surface area contributed by atoms with Gasteiger partial charge in [-0.05, 0) is 27.8 Å². The van der Waals surface area contributed by atoms with Crippen LogP contribution in [0.3, 0.4) is 0 Å². The molecule has 0 aromatic heterocycles. The molecule has 6 nitrogen and oxygen atoms in total. The number of amides is 1. The number of aliphatic hydroxyl groups excluding tert-OH is 1. The van der Waals surface area contributed by atoms with Crippen molar-refractivity contribution in [2.24, 2.45) is 5.92 Å². The third kappa shape index (κ3) is 7.93. The molecule has 0 spiro atoms. The number of rotatable bonds is 11. The second-order valence-electron chi connectivity index (χ2n) is 11.1. The van der Waals surface area contributed by atoms with Crippen molar-refractivity contribution in [1.29, 1.82) is 0 Å². The van der Waals surface area contributed by atoms with E-state index in [1.165, 1.54) is 18.1 Å². The maximum atomic E-state index is 11.4. The van der Waals surface area contributed by atoms with E-state index in [2.05, 4.69) is 65.7 Å². The predicted octanol–water partition coefficient (Wildman–Crippen LogP) is 6.31. The summed E-state index contributed by atoms with van der Waals surface area (Å²) >= 11 is 0. The minimum Gasteiger partial charge on any atom is -0.392 e. The smallest absolute Gasteiger partial charge is 0.217 e. The number of ether oxygens (including phenoxy) is 2. The second kappa shape index (κ2) is 14.4. The van der Waals surface area contributed by atoms with E-state index in [-0.39, 0.29) is 30.6 Å². The van der Waals surface area contributed by atoms with Crippen molar-refractivity contribution in [3.05, 3.63) is 143 Å². The second-order valence-corrected chi connectivity index (χ2v) is 11.1. The molecule has 1 aliphatic rings. The maximum absolute atomic E-state index is 11.4. The molecule has 1 heterocycles. The summed E-state index contributed by atoms with van der Waals surface area (Å²) in [4.78, 5) is 13.8. The first-order chi connectivity index (χ1) is 20.5. The van der Waals surface area contributed by atoms with Crippen LogP contribution in [0.4, 0.5) is 0 Å². The quantitative estimate of drug-likeness (QED) is 0.223. The Morgan fingerprint density at radius 1 is 0.738 bits per heavy atom. The van der Waals surface area contributed by atoms with Crippen molar-refractivity contribution >= 4 is 5.91 Å². The van der Waals surface area contributed by atoms with Gasteiger partial charge in [-0.1, -0.05) is 116 Å². The summed E-state index contributed by atoms with van der Waals surface area (Å²) in [7, 11) is 0. The van der Waals surface area contributed by atoms with Gasteiger partial charge in [0.15, 0.2) is 6.29 Å². The van der Waals surface area contributed by atoms with Crippen LogP contribution >= 0.6 is 0 Å². The molecule has 5 rings (SSSR count). The summed E-state index contributed by atoms with van der Waals surface area (Å²) < 4.78 is 13.4. The van der Waals surface area contributed by atoms with Gasteiger partial charge in [-0.25, -0.2) is 0 Å². The van der Waals surface area contributed by atoms with Gasteiger partial charge >= 0.3 is 0 Å². The molecule has 4 aromatic carbocycles. The third-order valence-electron chi connectivity index (χ3n) is 7.85. The van der Waals surface area contributed by atoms with Gasteiger partial charge in [0.05, 0.1) is 18.8 Å². The summed E-state index contributed by atoms with van der Waals surface area (Å²) in [5.74, 6) is 0.0229. The van der Waals surface area contributed by atoms with Crippen molar-refractivity contribution in [3.8, 4) is 0 Å². The van der Waals surface area contributed by atoms with Gasteiger partial charge in [0, 0.05) is 44.6 Å². The van der Waals surface area contributed by atoms with Gasteiger partial charge in [-0.3, -0.25) is 9.69 Å². The fourth-order valence-corrected chi connectivity index (χ4v) is 5.47. The van der Waals surface area contributed by atoms with E-state index >= 15 is 0 Å². The number of benzene rings is 4. The van der Waals surface area contributed by atoms with E-state index in [9.17, 15) is 9.90 Å². The summed E-state index contributed by atoms with van der Waals surface area (Å²) in [6, 6.07) is 37.2. The average molecular weight is 565 g/mol. The highest BCUT2D eigenvalue weighted by atomic mass is 16.7. The lowest BCUT2D eigenvalue weighted by Crippen LogP contribution is -2.44. The fourth-order valence-electron chi connectivity index (χ4n) is 5.47. The Hall–Kier alpha value is -3.81. The summed E-state index contributed by atoms with van der Waals surface area (Å²) in [6.07, 6.45) is -0.826. The Balaban J connectivity index is 1.41.